The molecule has 0 aliphatic carbocycles. The Labute approximate surface area is 185 Å². The van der Waals surface area contributed by atoms with E-state index < -0.39 is 52.9 Å². The number of nitro groups is 1. The van der Waals surface area contributed by atoms with E-state index in [9.17, 15) is 33.3 Å². The molecule has 0 bridgehead atoms. The molecule has 2 amide bonds. The number of carbonyl (C=O) groups excluding carboxylic acids is 3. The van der Waals surface area contributed by atoms with Gasteiger partial charge in [-0.25, -0.2) is 13.6 Å². The topological polar surface area (TPSA) is 128 Å². The number of ether oxygens (including phenoxy) is 1. The molecule has 0 spiro atoms. The van der Waals surface area contributed by atoms with Crippen molar-refractivity contribution in [3.05, 3.63) is 68.7 Å². The van der Waals surface area contributed by atoms with Crippen molar-refractivity contribution in [1.29, 1.82) is 0 Å². The lowest BCUT2D eigenvalue weighted by Crippen LogP contribution is -2.46. The molecule has 0 saturated heterocycles. The number of hydrogen-bond acceptors (Lipinski definition) is 6. The van der Waals surface area contributed by atoms with Crippen molar-refractivity contribution in [3.8, 4) is 0 Å². The first-order chi connectivity index (χ1) is 15.0. The van der Waals surface area contributed by atoms with Crippen LogP contribution in [0.15, 0.2) is 36.4 Å². The molecule has 32 heavy (non-hydrogen) atoms. The van der Waals surface area contributed by atoms with Crippen LogP contribution in [0.5, 0.6) is 0 Å². The summed E-state index contributed by atoms with van der Waals surface area (Å²) in [5, 5.41) is 15.1. The molecule has 0 fully saturated rings. The molecule has 12 heteroatoms. The molecule has 9 nitrogen and oxygen atoms in total. The Balaban J connectivity index is 2.00. The number of amides is 2. The molecule has 0 aromatic heterocycles. The second-order valence-electron chi connectivity index (χ2n) is 6.90. The predicted octanol–water partition coefficient (Wildman–Crippen LogP) is 3.46. The van der Waals surface area contributed by atoms with Gasteiger partial charge in [-0.1, -0.05) is 25.4 Å². The predicted molar refractivity (Wildman–Crippen MR) is 110 cm³/mol. The molecule has 0 aliphatic rings. The highest BCUT2D eigenvalue weighted by Crippen LogP contribution is 2.23. The van der Waals surface area contributed by atoms with Gasteiger partial charge in [-0.15, -0.1) is 0 Å². The lowest BCUT2D eigenvalue weighted by Gasteiger charge is -2.21. The largest absolute Gasteiger partial charge is 0.454 e. The molecule has 0 heterocycles. The highest BCUT2D eigenvalue weighted by atomic mass is 35.5. The van der Waals surface area contributed by atoms with Gasteiger partial charge in [-0.2, -0.15) is 0 Å². The van der Waals surface area contributed by atoms with Gasteiger partial charge < -0.3 is 15.4 Å². The van der Waals surface area contributed by atoms with Gasteiger partial charge in [0, 0.05) is 18.2 Å². The molecule has 0 saturated carbocycles. The van der Waals surface area contributed by atoms with Crippen molar-refractivity contribution in [2.45, 2.75) is 19.9 Å². The minimum atomic E-state index is -1.18. The molecule has 2 N–H and O–H groups in total. The first kappa shape index (κ1) is 24.7. The Hall–Kier alpha value is -3.60. The SMILES string of the molecule is CC(C)C(NC(=O)c1ccc([N+](=O)[O-])cc1Cl)C(=O)OCC(=O)Nc1ccc(F)cc1F. The molecule has 0 radical (unpaired) electrons. The first-order valence-corrected chi connectivity index (χ1v) is 9.53. The number of halogens is 3. The lowest BCUT2D eigenvalue weighted by molar-refractivity contribution is -0.384. The minimum Gasteiger partial charge on any atom is -0.454 e. The number of nitrogens with one attached hydrogen (secondary N) is 2. The van der Waals surface area contributed by atoms with Crippen LogP contribution in [0.4, 0.5) is 20.2 Å². The summed E-state index contributed by atoms with van der Waals surface area (Å²) in [4.78, 5) is 46.9. The number of esters is 1. The van der Waals surface area contributed by atoms with Gasteiger partial charge in [0.1, 0.15) is 17.7 Å². The minimum absolute atomic E-state index is 0.0970. The highest BCUT2D eigenvalue weighted by Gasteiger charge is 2.28. The molecular weight excluding hydrogens is 452 g/mol. The Morgan fingerprint density at radius 1 is 1.16 bits per heavy atom. The molecule has 1 unspecified atom stereocenters. The quantitative estimate of drug-likeness (QED) is 0.346. The van der Waals surface area contributed by atoms with Gasteiger partial charge in [0.25, 0.3) is 17.5 Å². The van der Waals surface area contributed by atoms with Gasteiger partial charge in [0.15, 0.2) is 6.61 Å². The van der Waals surface area contributed by atoms with E-state index in [1.165, 1.54) is 0 Å². The molecule has 0 aliphatic heterocycles. The Morgan fingerprint density at radius 3 is 2.41 bits per heavy atom. The van der Waals surface area contributed by atoms with Gasteiger partial charge >= 0.3 is 5.97 Å². The number of non-ortho nitro benzene ring substituents is 1. The van der Waals surface area contributed by atoms with E-state index in [-0.39, 0.29) is 22.0 Å². The summed E-state index contributed by atoms with van der Waals surface area (Å²) in [6.07, 6.45) is 0. The molecule has 1 atom stereocenters. The zero-order chi connectivity index (χ0) is 24.0. The number of nitrogens with zero attached hydrogens (tertiary/aromatic N) is 1. The van der Waals surface area contributed by atoms with E-state index >= 15 is 0 Å². The Bertz CT molecular complexity index is 1060. The van der Waals surface area contributed by atoms with Crippen molar-refractivity contribution in [2.75, 3.05) is 11.9 Å². The van der Waals surface area contributed by atoms with Crippen LogP contribution in [0.3, 0.4) is 0 Å². The first-order valence-electron chi connectivity index (χ1n) is 9.16. The van der Waals surface area contributed by atoms with Crippen molar-refractivity contribution in [1.82, 2.24) is 5.32 Å². The maximum absolute atomic E-state index is 13.6. The van der Waals surface area contributed by atoms with Crippen LogP contribution in [0.2, 0.25) is 5.02 Å². The van der Waals surface area contributed by atoms with Crippen LogP contribution in [0, 0.1) is 27.7 Å². The van der Waals surface area contributed by atoms with Gasteiger partial charge in [-0.05, 0) is 24.1 Å². The number of nitro benzene ring substituents is 1. The zero-order valence-corrected chi connectivity index (χ0v) is 17.6. The second kappa shape index (κ2) is 10.6. The van der Waals surface area contributed by atoms with Gasteiger partial charge in [-0.3, -0.25) is 19.7 Å². The van der Waals surface area contributed by atoms with E-state index in [2.05, 4.69) is 10.6 Å². The van der Waals surface area contributed by atoms with Crippen LogP contribution in [-0.4, -0.2) is 35.4 Å². The maximum atomic E-state index is 13.6. The van der Waals surface area contributed by atoms with Crippen LogP contribution in [0.25, 0.3) is 0 Å². The van der Waals surface area contributed by atoms with Crippen molar-refractivity contribution in [3.63, 3.8) is 0 Å². The van der Waals surface area contributed by atoms with Crippen LogP contribution in [-0.2, 0) is 14.3 Å². The summed E-state index contributed by atoms with van der Waals surface area (Å²) in [7, 11) is 0. The summed E-state index contributed by atoms with van der Waals surface area (Å²) < 4.78 is 31.4. The molecule has 170 valence electrons. The standard InChI is InChI=1S/C20H18ClF2N3O6/c1-10(2)18(25-19(28)13-5-4-12(26(30)31)8-14(13)21)20(29)32-9-17(27)24-16-6-3-11(22)7-15(16)23/h3-8,10,18H,9H2,1-2H3,(H,24,27)(H,25,28). The monoisotopic (exact) mass is 469 g/mol. The third kappa shape index (κ3) is 6.45. The lowest BCUT2D eigenvalue weighted by atomic mass is 10.0. The van der Waals surface area contributed by atoms with Crippen LogP contribution >= 0.6 is 11.6 Å². The van der Waals surface area contributed by atoms with Crippen molar-refractivity contribution in [2.24, 2.45) is 5.92 Å². The highest BCUT2D eigenvalue weighted by molar-refractivity contribution is 6.34. The molecular formula is C20H18ClF2N3O6. The van der Waals surface area contributed by atoms with E-state index in [0.717, 1.165) is 30.3 Å². The number of benzene rings is 2. The maximum Gasteiger partial charge on any atom is 0.329 e. The second-order valence-corrected chi connectivity index (χ2v) is 7.30. The van der Waals surface area contributed by atoms with E-state index in [1.807, 2.05) is 0 Å². The number of rotatable bonds is 8. The molecule has 2 aromatic carbocycles. The van der Waals surface area contributed by atoms with Gasteiger partial charge in [0.2, 0.25) is 0 Å². The number of hydrogen-bond donors (Lipinski definition) is 2. The zero-order valence-electron chi connectivity index (χ0n) is 16.9. The fourth-order valence-electron chi connectivity index (χ4n) is 2.52. The third-order valence-corrected chi connectivity index (χ3v) is 4.48. The van der Waals surface area contributed by atoms with E-state index in [1.54, 1.807) is 13.8 Å². The Morgan fingerprint density at radius 2 is 1.84 bits per heavy atom. The Kier molecular flexibility index (Phi) is 8.19. The van der Waals surface area contributed by atoms with E-state index in [0.29, 0.717) is 6.07 Å². The fourth-order valence-corrected chi connectivity index (χ4v) is 2.78. The smallest absolute Gasteiger partial charge is 0.329 e. The average Bonchev–Trinajstić information content (AvgIpc) is 2.71. The summed E-state index contributed by atoms with van der Waals surface area (Å²) in [6, 6.07) is 4.58. The number of anilines is 1. The molecule has 2 rings (SSSR count). The van der Waals surface area contributed by atoms with Crippen molar-refractivity contribution < 1.29 is 32.8 Å². The number of carbonyl (C=O) groups is 3. The van der Waals surface area contributed by atoms with Crippen molar-refractivity contribution >= 4 is 40.8 Å². The average molecular weight is 470 g/mol. The summed E-state index contributed by atoms with van der Waals surface area (Å²) in [5.74, 6) is -4.89. The normalized spacial score (nSPS) is 11.6. The molecule has 2 aromatic rings. The van der Waals surface area contributed by atoms with Gasteiger partial charge in [0.05, 0.1) is 21.2 Å². The van der Waals surface area contributed by atoms with Crippen LogP contribution in [0.1, 0.15) is 24.2 Å². The summed E-state index contributed by atoms with van der Waals surface area (Å²) in [6.45, 7) is 2.43. The van der Waals surface area contributed by atoms with E-state index in [4.69, 9.17) is 16.3 Å². The summed E-state index contributed by atoms with van der Waals surface area (Å²) in [5.41, 5.74) is -0.704. The fraction of sp³-hybridized carbons (Fsp3) is 0.250. The third-order valence-electron chi connectivity index (χ3n) is 4.17. The summed E-state index contributed by atoms with van der Waals surface area (Å²) >= 11 is 5.92. The van der Waals surface area contributed by atoms with Crippen LogP contribution < -0.4 is 10.6 Å².